The summed E-state index contributed by atoms with van der Waals surface area (Å²) in [7, 11) is 1.71. The van der Waals surface area contributed by atoms with Crippen molar-refractivity contribution < 1.29 is 9.15 Å². The Morgan fingerprint density at radius 1 is 1.50 bits per heavy atom. The molecule has 1 heterocycles. The first-order valence-electron chi connectivity index (χ1n) is 5.06. The Hall–Kier alpha value is -0.800. The van der Waals surface area contributed by atoms with Crippen molar-refractivity contribution in [3.05, 3.63) is 23.7 Å². The molecule has 0 unspecified atom stereocenters. The summed E-state index contributed by atoms with van der Waals surface area (Å²) in [6.45, 7) is 5.69. The first kappa shape index (κ1) is 11.3. The van der Waals surface area contributed by atoms with Crippen LogP contribution < -0.4 is 5.32 Å². The van der Waals surface area contributed by atoms with Crippen LogP contribution in [0.5, 0.6) is 0 Å². The maximum Gasteiger partial charge on any atom is 0.121 e. The number of aryl methyl sites for hydroxylation is 1. The fourth-order valence-electron chi connectivity index (χ4n) is 1.42. The predicted octanol–water partition coefficient (Wildman–Crippen LogP) is 2.28. The molecular formula is C11H19NO2. The van der Waals surface area contributed by atoms with Gasteiger partial charge in [-0.1, -0.05) is 6.92 Å². The highest BCUT2D eigenvalue weighted by molar-refractivity contribution is 5.09. The van der Waals surface area contributed by atoms with Gasteiger partial charge in [-0.3, -0.25) is 0 Å². The van der Waals surface area contributed by atoms with E-state index in [9.17, 15) is 0 Å². The SMILES string of the molecule is CC[C@@H](NCCOC)c1ccc(C)o1. The molecule has 0 spiro atoms. The van der Waals surface area contributed by atoms with Gasteiger partial charge in [-0.05, 0) is 25.5 Å². The molecule has 1 aromatic heterocycles. The maximum atomic E-state index is 5.56. The third-order valence-corrected chi connectivity index (χ3v) is 2.21. The molecule has 14 heavy (non-hydrogen) atoms. The summed E-state index contributed by atoms with van der Waals surface area (Å²) in [5.74, 6) is 1.98. The summed E-state index contributed by atoms with van der Waals surface area (Å²) < 4.78 is 10.5. The maximum absolute atomic E-state index is 5.56. The Balaban J connectivity index is 2.45. The highest BCUT2D eigenvalue weighted by atomic mass is 16.5. The van der Waals surface area contributed by atoms with Crippen LogP contribution in [0.15, 0.2) is 16.5 Å². The molecular weight excluding hydrogens is 178 g/mol. The van der Waals surface area contributed by atoms with Gasteiger partial charge in [-0.2, -0.15) is 0 Å². The summed E-state index contributed by atoms with van der Waals surface area (Å²) in [6.07, 6.45) is 1.02. The minimum atomic E-state index is 0.304. The van der Waals surface area contributed by atoms with Gasteiger partial charge in [0.15, 0.2) is 0 Å². The Labute approximate surface area is 85.4 Å². The summed E-state index contributed by atoms with van der Waals surface area (Å²) in [5, 5.41) is 3.38. The van der Waals surface area contributed by atoms with E-state index in [0.717, 1.165) is 31.1 Å². The Morgan fingerprint density at radius 3 is 2.79 bits per heavy atom. The number of hydrogen-bond donors (Lipinski definition) is 1. The molecule has 3 nitrogen and oxygen atoms in total. The Morgan fingerprint density at radius 2 is 2.29 bits per heavy atom. The molecule has 1 aromatic rings. The van der Waals surface area contributed by atoms with Crippen LogP contribution in [0.3, 0.4) is 0 Å². The van der Waals surface area contributed by atoms with Crippen molar-refractivity contribution in [3.63, 3.8) is 0 Å². The second-order valence-corrected chi connectivity index (χ2v) is 3.36. The van der Waals surface area contributed by atoms with E-state index in [1.54, 1.807) is 7.11 Å². The molecule has 3 heteroatoms. The van der Waals surface area contributed by atoms with Crippen molar-refractivity contribution in [1.29, 1.82) is 0 Å². The molecule has 80 valence electrons. The third kappa shape index (κ3) is 3.16. The summed E-state index contributed by atoms with van der Waals surface area (Å²) in [4.78, 5) is 0. The van der Waals surface area contributed by atoms with Crippen LogP contribution in [0.4, 0.5) is 0 Å². The van der Waals surface area contributed by atoms with Gasteiger partial charge in [-0.15, -0.1) is 0 Å². The van der Waals surface area contributed by atoms with Gasteiger partial charge in [0.05, 0.1) is 12.6 Å². The lowest BCUT2D eigenvalue weighted by molar-refractivity contribution is 0.193. The van der Waals surface area contributed by atoms with Gasteiger partial charge in [0.1, 0.15) is 11.5 Å². The fraction of sp³-hybridized carbons (Fsp3) is 0.636. The largest absolute Gasteiger partial charge is 0.465 e. The second-order valence-electron chi connectivity index (χ2n) is 3.36. The first-order valence-corrected chi connectivity index (χ1v) is 5.06. The number of hydrogen-bond acceptors (Lipinski definition) is 3. The fourth-order valence-corrected chi connectivity index (χ4v) is 1.42. The zero-order valence-electron chi connectivity index (χ0n) is 9.17. The average Bonchev–Trinajstić information content (AvgIpc) is 2.60. The third-order valence-electron chi connectivity index (χ3n) is 2.21. The Kier molecular flexibility index (Phi) is 4.70. The van der Waals surface area contributed by atoms with Gasteiger partial charge in [-0.25, -0.2) is 0 Å². The monoisotopic (exact) mass is 197 g/mol. The lowest BCUT2D eigenvalue weighted by Gasteiger charge is -2.13. The topological polar surface area (TPSA) is 34.4 Å². The molecule has 0 aliphatic heterocycles. The van der Waals surface area contributed by atoms with E-state index in [4.69, 9.17) is 9.15 Å². The van der Waals surface area contributed by atoms with Gasteiger partial charge >= 0.3 is 0 Å². The number of rotatable bonds is 6. The van der Waals surface area contributed by atoms with Crippen molar-refractivity contribution in [2.45, 2.75) is 26.3 Å². The van der Waals surface area contributed by atoms with Gasteiger partial charge in [0.2, 0.25) is 0 Å². The molecule has 0 saturated carbocycles. The Bertz CT molecular complexity index is 258. The lowest BCUT2D eigenvalue weighted by Crippen LogP contribution is -2.24. The number of nitrogens with one attached hydrogen (secondary N) is 1. The average molecular weight is 197 g/mol. The molecule has 0 fully saturated rings. The van der Waals surface area contributed by atoms with E-state index in [1.807, 2.05) is 19.1 Å². The van der Waals surface area contributed by atoms with E-state index in [2.05, 4.69) is 12.2 Å². The molecule has 0 amide bonds. The number of methoxy groups -OCH3 is 1. The van der Waals surface area contributed by atoms with Crippen LogP contribution in [0.1, 0.15) is 30.9 Å². The van der Waals surface area contributed by atoms with Gasteiger partial charge in [0.25, 0.3) is 0 Å². The standard InChI is InChI=1S/C11H19NO2/c1-4-10(12-7-8-13-3)11-6-5-9(2)14-11/h5-6,10,12H,4,7-8H2,1-3H3/t10-/m1/s1. The highest BCUT2D eigenvalue weighted by Crippen LogP contribution is 2.18. The normalized spacial score (nSPS) is 13.1. The molecule has 1 N–H and O–H groups in total. The van der Waals surface area contributed by atoms with E-state index in [1.165, 1.54) is 0 Å². The van der Waals surface area contributed by atoms with Crippen LogP contribution in [0.2, 0.25) is 0 Å². The highest BCUT2D eigenvalue weighted by Gasteiger charge is 2.11. The van der Waals surface area contributed by atoms with Crippen molar-refractivity contribution in [2.24, 2.45) is 0 Å². The molecule has 0 aliphatic rings. The predicted molar refractivity (Wildman–Crippen MR) is 56.4 cm³/mol. The molecule has 0 radical (unpaired) electrons. The number of furan rings is 1. The second kappa shape index (κ2) is 5.83. The van der Waals surface area contributed by atoms with Crippen LogP contribution in [-0.2, 0) is 4.74 Å². The molecule has 1 atom stereocenters. The van der Waals surface area contributed by atoms with Crippen molar-refractivity contribution >= 4 is 0 Å². The van der Waals surface area contributed by atoms with E-state index < -0.39 is 0 Å². The first-order chi connectivity index (χ1) is 6.77. The van der Waals surface area contributed by atoms with Crippen LogP contribution in [0.25, 0.3) is 0 Å². The molecule has 0 aromatic carbocycles. The summed E-state index contributed by atoms with van der Waals surface area (Å²) in [5.41, 5.74) is 0. The molecule has 0 aliphatic carbocycles. The lowest BCUT2D eigenvalue weighted by atomic mass is 10.2. The molecule has 0 bridgehead atoms. The zero-order chi connectivity index (χ0) is 10.4. The van der Waals surface area contributed by atoms with Crippen LogP contribution >= 0.6 is 0 Å². The van der Waals surface area contributed by atoms with Gasteiger partial charge in [0, 0.05) is 13.7 Å². The van der Waals surface area contributed by atoms with Crippen molar-refractivity contribution in [3.8, 4) is 0 Å². The van der Waals surface area contributed by atoms with Gasteiger partial charge < -0.3 is 14.5 Å². The molecule has 1 rings (SSSR count). The summed E-state index contributed by atoms with van der Waals surface area (Å²) in [6, 6.07) is 4.33. The zero-order valence-corrected chi connectivity index (χ0v) is 9.17. The van der Waals surface area contributed by atoms with Crippen molar-refractivity contribution in [1.82, 2.24) is 5.32 Å². The molecule has 0 saturated heterocycles. The van der Waals surface area contributed by atoms with E-state index >= 15 is 0 Å². The van der Waals surface area contributed by atoms with E-state index in [0.29, 0.717) is 6.04 Å². The smallest absolute Gasteiger partial charge is 0.121 e. The van der Waals surface area contributed by atoms with Crippen molar-refractivity contribution in [2.75, 3.05) is 20.3 Å². The minimum absolute atomic E-state index is 0.304. The minimum Gasteiger partial charge on any atom is -0.465 e. The quantitative estimate of drug-likeness (QED) is 0.710. The van der Waals surface area contributed by atoms with E-state index in [-0.39, 0.29) is 0 Å². The van der Waals surface area contributed by atoms with Crippen LogP contribution in [0, 0.1) is 6.92 Å². The van der Waals surface area contributed by atoms with Crippen LogP contribution in [-0.4, -0.2) is 20.3 Å². The summed E-state index contributed by atoms with van der Waals surface area (Å²) >= 11 is 0. The number of ether oxygens (including phenoxy) is 1.